The van der Waals surface area contributed by atoms with E-state index >= 15 is 0 Å². The van der Waals surface area contributed by atoms with Gasteiger partial charge in [0, 0.05) is 0 Å². The van der Waals surface area contributed by atoms with E-state index in [0.717, 1.165) is 5.56 Å². The van der Waals surface area contributed by atoms with Crippen LogP contribution in [0.15, 0.2) is 33.2 Å². The molecule has 2 aliphatic heterocycles. The molecule has 3 atom stereocenters. The number of nitrogens with zero attached hydrogens (tertiary/aromatic N) is 4. The highest BCUT2D eigenvalue weighted by atomic mass is 16.3. The molecule has 104 valence electrons. The summed E-state index contributed by atoms with van der Waals surface area (Å²) in [7, 11) is 0. The third-order valence-corrected chi connectivity index (χ3v) is 3.61. The van der Waals surface area contributed by atoms with Crippen molar-refractivity contribution >= 4 is 18.5 Å². The summed E-state index contributed by atoms with van der Waals surface area (Å²) >= 11 is 0. The largest absolute Gasteiger partial charge is 0.504 e. The first-order valence-corrected chi connectivity index (χ1v) is 6.25. The zero-order valence-electron chi connectivity index (χ0n) is 10.9. The fourth-order valence-electron chi connectivity index (χ4n) is 2.39. The van der Waals surface area contributed by atoms with Crippen LogP contribution in [0.1, 0.15) is 18.5 Å². The Labute approximate surface area is 115 Å². The topological polar surface area (TPSA) is 107 Å². The molecular formula is C13H15N5O2. The minimum absolute atomic E-state index is 0.0664. The molecule has 0 aliphatic carbocycles. The van der Waals surface area contributed by atoms with Gasteiger partial charge < -0.3 is 20.8 Å². The molecule has 0 saturated carbocycles. The SMILES string of the molecule is CC(c1ccc(O)c(O)c1)N1C=NC2C(N)=NC=NC21. The van der Waals surface area contributed by atoms with Crippen molar-refractivity contribution in [2.45, 2.75) is 25.2 Å². The minimum Gasteiger partial charge on any atom is -0.504 e. The Morgan fingerprint density at radius 3 is 2.80 bits per heavy atom. The Hall–Kier alpha value is -2.57. The van der Waals surface area contributed by atoms with E-state index in [2.05, 4.69) is 15.0 Å². The molecule has 3 rings (SSSR count). The predicted octanol–water partition coefficient (Wildman–Crippen LogP) is 0.597. The maximum Gasteiger partial charge on any atom is 0.157 e. The monoisotopic (exact) mass is 273 g/mol. The molecule has 7 heteroatoms. The summed E-state index contributed by atoms with van der Waals surface area (Å²) in [6.45, 7) is 1.97. The lowest BCUT2D eigenvalue weighted by Gasteiger charge is -2.31. The predicted molar refractivity (Wildman–Crippen MR) is 76.2 cm³/mol. The average Bonchev–Trinajstić information content (AvgIpc) is 2.86. The van der Waals surface area contributed by atoms with E-state index in [0.29, 0.717) is 5.84 Å². The molecule has 0 bridgehead atoms. The van der Waals surface area contributed by atoms with Crippen LogP contribution in [0, 0.1) is 0 Å². The summed E-state index contributed by atoms with van der Waals surface area (Å²) in [5.41, 5.74) is 6.66. The summed E-state index contributed by atoms with van der Waals surface area (Å²) in [5.74, 6) is 0.167. The van der Waals surface area contributed by atoms with Gasteiger partial charge in [0.15, 0.2) is 17.7 Å². The van der Waals surface area contributed by atoms with E-state index in [4.69, 9.17) is 5.73 Å². The van der Waals surface area contributed by atoms with Crippen molar-refractivity contribution in [1.29, 1.82) is 0 Å². The summed E-state index contributed by atoms with van der Waals surface area (Å²) in [6, 6.07) is 4.43. The van der Waals surface area contributed by atoms with Gasteiger partial charge in [0.1, 0.15) is 18.2 Å². The van der Waals surface area contributed by atoms with Crippen LogP contribution in [0.4, 0.5) is 0 Å². The van der Waals surface area contributed by atoms with Gasteiger partial charge >= 0.3 is 0 Å². The summed E-state index contributed by atoms with van der Waals surface area (Å²) in [6.07, 6.45) is 2.94. The van der Waals surface area contributed by atoms with Crippen LogP contribution in [0.25, 0.3) is 0 Å². The average molecular weight is 273 g/mol. The van der Waals surface area contributed by atoms with E-state index in [9.17, 15) is 10.2 Å². The van der Waals surface area contributed by atoms with Crippen molar-refractivity contribution in [1.82, 2.24) is 4.90 Å². The number of phenols is 2. The van der Waals surface area contributed by atoms with Crippen LogP contribution in [-0.2, 0) is 0 Å². The third-order valence-electron chi connectivity index (χ3n) is 3.61. The number of amidine groups is 1. The van der Waals surface area contributed by atoms with Gasteiger partial charge in [0.2, 0.25) is 0 Å². The Bertz CT molecular complexity index is 625. The first-order valence-electron chi connectivity index (χ1n) is 6.25. The molecule has 1 aromatic rings. The fraction of sp³-hybridized carbons (Fsp3) is 0.308. The molecule has 0 spiro atoms. The summed E-state index contributed by atoms with van der Waals surface area (Å²) in [4.78, 5) is 14.5. The van der Waals surface area contributed by atoms with E-state index in [-0.39, 0.29) is 29.7 Å². The normalized spacial score (nSPS) is 25.4. The van der Waals surface area contributed by atoms with E-state index in [1.54, 1.807) is 12.4 Å². The quantitative estimate of drug-likeness (QED) is 0.686. The Morgan fingerprint density at radius 1 is 1.25 bits per heavy atom. The van der Waals surface area contributed by atoms with E-state index in [1.165, 1.54) is 18.5 Å². The lowest BCUT2D eigenvalue weighted by molar-refractivity contribution is 0.277. The highest BCUT2D eigenvalue weighted by Crippen LogP contribution is 2.32. The van der Waals surface area contributed by atoms with Crippen molar-refractivity contribution in [2.75, 3.05) is 0 Å². The van der Waals surface area contributed by atoms with Crippen LogP contribution >= 0.6 is 0 Å². The molecule has 1 aromatic carbocycles. The van der Waals surface area contributed by atoms with Crippen molar-refractivity contribution < 1.29 is 10.2 Å². The van der Waals surface area contributed by atoms with Crippen LogP contribution < -0.4 is 5.73 Å². The maximum atomic E-state index is 9.60. The number of fused-ring (bicyclic) bond motifs is 1. The van der Waals surface area contributed by atoms with Crippen LogP contribution in [0.2, 0.25) is 0 Å². The second-order valence-corrected chi connectivity index (χ2v) is 4.81. The highest BCUT2D eigenvalue weighted by molar-refractivity contribution is 5.96. The molecule has 2 aliphatic rings. The lowest BCUT2D eigenvalue weighted by Crippen LogP contribution is -2.44. The minimum atomic E-state index is -0.256. The number of aliphatic imine (C=N–C) groups is 3. The van der Waals surface area contributed by atoms with Gasteiger partial charge in [-0.1, -0.05) is 6.07 Å². The number of aromatic hydroxyl groups is 2. The van der Waals surface area contributed by atoms with Crippen molar-refractivity contribution in [3.8, 4) is 11.5 Å². The number of hydrogen-bond donors (Lipinski definition) is 3. The number of nitrogens with two attached hydrogens (primary N) is 1. The van der Waals surface area contributed by atoms with Gasteiger partial charge in [-0.05, 0) is 24.6 Å². The summed E-state index contributed by atoms with van der Waals surface area (Å²) < 4.78 is 0. The second-order valence-electron chi connectivity index (χ2n) is 4.81. The number of hydrogen-bond acceptors (Lipinski definition) is 7. The van der Waals surface area contributed by atoms with E-state index in [1.807, 2.05) is 11.8 Å². The molecule has 7 nitrogen and oxygen atoms in total. The Kier molecular flexibility index (Phi) is 2.81. The summed E-state index contributed by atoms with van der Waals surface area (Å²) in [5, 5.41) is 19.0. The first kappa shape index (κ1) is 12.5. The Balaban J connectivity index is 1.87. The lowest BCUT2D eigenvalue weighted by atomic mass is 10.0. The second kappa shape index (κ2) is 4.52. The molecular weight excluding hydrogens is 258 g/mol. The number of phenolic OH excluding ortho intramolecular Hbond substituents is 2. The smallest absolute Gasteiger partial charge is 0.157 e. The molecule has 3 unspecified atom stereocenters. The molecule has 0 saturated heterocycles. The molecule has 0 amide bonds. The van der Waals surface area contributed by atoms with Gasteiger partial charge in [-0.3, -0.25) is 4.99 Å². The molecule has 0 aromatic heterocycles. The third kappa shape index (κ3) is 1.87. The molecule has 20 heavy (non-hydrogen) atoms. The highest BCUT2D eigenvalue weighted by Gasteiger charge is 2.37. The fourth-order valence-corrected chi connectivity index (χ4v) is 2.39. The standard InChI is InChI=1S/C13H15N5O2/c1-7(8-2-3-9(19)10(20)4-8)18-6-17-11-12(14)15-5-16-13(11)18/h2-7,11,13,19-20H,1H3,(H2,14,15,16). The molecule has 0 fully saturated rings. The zero-order valence-corrected chi connectivity index (χ0v) is 10.9. The van der Waals surface area contributed by atoms with Crippen molar-refractivity contribution in [3.05, 3.63) is 23.8 Å². The number of benzene rings is 1. The van der Waals surface area contributed by atoms with Gasteiger partial charge in [0.25, 0.3) is 0 Å². The molecule has 4 N–H and O–H groups in total. The number of rotatable bonds is 2. The van der Waals surface area contributed by atoms with E-state index < -0.39 is 0 Å². The Morgan fingerprint density at radius 2 is 2.05 bits per heavy atom. The maximum absolute atomic E-state index is 9.60. The van der Waals surface area contributed by atoms with Gasteiger partial charge in [-0.15, -0.1) is 0 Å². The zero-order chi connectivity index (χ0) is 14.3. The van der Waals surface area contributed by atoms with Crippen LogP contribution in [0.5, 0.6) is 11.5 Å². The first-order chi connectivity index (χ1) is 9.58. The van der Waals surface area contributed by atoms with Crippen LogP contribution in [0.3, 0.4) is 0 Å². The van der Waals surface area contributed by atoms with Crippen LogP contribution in [-0.4, -0.2) is 45.8 Å². The molecule has 2 heterocycles. The van der Waals surface area contributed by atoms with Gasteiger partial charge in [-0.2, -0.15) is 0 Å². The van der Waals surface area contributed by atoms with Gasteiger partial charge in [-0.25, -0.2) is 9.98 Å². The molecule has 0 radical (unpaired) electrons. The van der Waals surface area contributed by atoms with Crippen molar-refractivity contribution in [3.63, 3.8) is 0 Å². The van der Waals surface area contributed by atoms with Gasteiger partial charge in [0.05, 0.1) is 12.4 Å². The van der Waals surface area contributed by atoms with Crippen molar-refractivity contribution in [2.24, 2.45) is 20.7 Å².